The van der Waals surface area contributed by atoms with Crippen molar-refractivity contribution in [3.63, 3.8) is 0 Å². The van der Waals surface area contributed by atoms with E-state index in [-0.39, 0.29) is 11.5 Å². The molecule has 2 heterocycles. The van der Waals surface area contributed by atoms with Crippen LogP contribution in [0.5, 0.6) is 23.0 Å². The molecular formula is C46H45N5O10S2. The topological polar surface area (TPSA) is 187 Å². The van der Waals surface area contributed by atoms with E-state index in [9.17, 15) is 19.2 Å². The first-order chi connectivity index (χ1) is 30.8. The Labute approximate surface area is 371 Å². The monoisotopic (exact) mass is 891 g/mol. The Bertz CT molecular complexity index is 2540. The Kier molecular flexibility index (Phi) is 17.3. The maximum atomic E-state index is 13.4. The highest BCUT2D eigenvalue weighted by Crippen LogP contribution is 2.31. The number of aromatic nitrogens is 3. The molecule has 0 aliphatic rings. The van der Waals surface area contributed by atoms with Crippen LogP contribution in [0.4, 0.5) is 5.13 Å². The van der Waals surface area contributed by atoms with Crippen molar-refractivity contribution in [2.24, 2.45) is 5.10 Å². The first kappa shape index (κ1) is 45.5. The molecule has 0 bridgehead atoms. The van der Waals surface area contributed by atoms with Crippen molar-refractivity contribution < 1.29 is 47.6 Å². The standard InChI is InChI=1S/C46H45N5O10S2/c1-3-40(52)58-27-11-7-5-9-25-56-34-17-13-31(14-18-34)44(54)60-36-21-23-38(33(29-36)30-47-49-46-48-43-39(62-46)24-22-37-42(43)51-63-50-37)61-45(55)32-15-19-35(20-16-32)57-26-10-6-8-12-28-59-41(53)4-2/h3-4,13-24,29-30H,1-2,5-12,25-28H2,(H,48,49). The van der Waals surface area contributed by atoms with Crippen molar-refractivity contribution in [3.8, 4) is 23.0 Å². The van der Waals surface area contributed by atoms with E-state index in [2.05, 4.69) is 37.4 Å². The summed E-state index contributed by atoms with van der Waals surface area (Å²) >= 11 is 2.51. The van der Waals surface area contributed by atoms with Crippen molar-refractivity contribution in [3.05, 3.63) is 121 Å². The average molecular weight is 892 g/mol. The van der Waals surface area contributed by atoms with Gasteiger partial charge in [-0.05, 0) is 130 Å². The van der Waals surface area contributed by atoms with Crippen LogP contribution in [0.2, 0.25) is 0 Å². The third-order valence-corrected chi connectivity index (χ3v) is 10.6. The Morgan fingerprint density at radius 3 is 1.76 bits per heavy atom. The Morgan fingerprint density at radius 2 is 1.17 bits per heavy atom. The summed E-state index contributed by atoms with van der Waals surface area (Å²) in [6.45, 7) is 8.48. The summed E-state index contributed by atoms with van der Waals surface area (Å²) in [6, 6.07) is 21.7. The molecule has 326 valence electrons. The number of rotatable bonds is 25. The zero-order valence-electron chi connectivity index (χ0n) is 34.3. The maximum Gasteiger partial charge on any atom is 0.343 e. The molecule has 0 unspecified atom stereocenters. The lowest BCUT2D eigenvalue weighted by molar-refractivity contribution is -0.138. The molecule has 17 heteroatoms. The number of esters is 4. The van der Waals surface area contributed by atoms with Crippen LogP contribution in [0.3, 0.4) is 0 Å². The summed E-state index contributed by atoms with van der Waals surface area (Å²) in [4.78, 5) is 53.4. The minimum atomic E-state index is -0.619. The zero-order chi connectivity index (χ0) is 44.2. The molecular weight excluding hydrogens is 847 g/mol. The minimum Gasteiger partial charge on any atom is -0.494 e. The number of ether oxygens (including phenoxy) is 6. The number of anilines is 1. The summed E-state index contributed by atoms with van der Waals surface area (Å²) in [7, 11) is 0. The predicted molar refractivity (Wildman–Crippen MR) is 241 cm³/mol. The molecule has 4 aromatic carbocycles. The van der Waals surface area contributed by atoms with Crippen molar-refractivity contribution in [1.82, 2.24) is 13.7 Å². The predicted octanol–water partition coefficient (Wildman–Crippen LogP) is 9.52. The Balaban J connectivity index is 1.05. The van der Waals surface area contributed by atoms with E-state index in [1.165, 1.54) is 29.7 Å². The fraction of sp³-hybridized carbons (Fsp3) is 0.261. The molecule has 0 fully saturated rings. The number of hydrogen-bond acceptors (Lipinski definition) is 17. The van der Waals surface area contributed by atoms with Crippen LogP contribution >= 0.6 is 23.1 Å². The number of benzene rings is 4. The second-order valence-corrected chi connectivity index (χ2v) is 15.3. The first-order valence-corrected chi connectivity index (χ1v) is 21.8. The van der Waals surface area contributed by atoms with Crippen LogP contribution in [-0.2, 0) is 19.1 Å². The van der Waals surface area contributed by atoms with E-state index < -0.39 is 23.9 Å². The highest BCUT2D eigenvalue weighted by atomic mass is 32.1. The van der Waals surface area contributed by atoms with Gasteiger partial charge < -0.3 is 28.4 Å². The van der Waals surface area contributed by atoms with E-state index in [0.29, 0.717) is 70.8 Å². The Morgan fingerprint density at radius 1 is 0.619 bits per heavy atom. The summed E-state index contributed by atoms with van der Waals surface area (Å²) in [5, 5.41) is 4.88. The van der Waals surface area contributed by atoms with Gasteiger partial charge in [0.15, 0.2) is 0 Å². The molecule has 0 saturated carbocycles. The largest absolute Gasteiger partial charge is 0.494 e. The van der Waals surface area contributed by atoms with Gasteiger partial charge in [-0.25, -0.2) is 24.2 Å². The molecule has 6 aromatic rings. The quantitative estimate of drug-likeness (QED) is 0.0143. The van der Waals surface area contributed by atoms with Crippen LogP contribution in [0.25, 0.3) is 21.3 Å². The highest BCUT2D eigenvalue weighted by molar-refractivity contribution is 7.22. The zero-order valence-corrected chi connectivity index (χ0v) is 36.0. The van der Waals surface area contributed by atoms with Gasteiger partial charge in [-0.1, -0.05) is 24.5 Å². The fourth-order valence-corrected chi connectivity index (χ4v) is 7.24. The molecule has 0 atom stereocenters. The molecule has 2 aromatic heterocycles. The number of unbranched alkanes of at least 4 members (excludes halogenated alkanes) is 6. The molecule has 1 N–H and O–H groups in total. The number of hydrazone groups is 1. The van der Waals surface area contributed by atoms with Crippen LogP contribution in [0.15, 0.2) is 109 Å². The lowest BCUT2D eigenvalue weighted by Gasteiger charge is -2.11. The van der Waals surface area contributed by atoms with Crippen molar-refractivity contribution in [1.29, 1.82) is 0 Å². The molecule has 0 amide bonds. The molecule has 0 aliphatic carbocycles. The minimum absolute atomic E-state index is 0.169. The second kappa shape index (κ2) is 23.9. The van der Waals surface area contributed by atoms with Crippen LogP contribution < -0.4 is 24.4 Å². The third-order valence-electron chi connectivity index (χ3n) is 9.16. The lowest BCUT2D eigenvalue weighted by Crippen LogP contribution is -2.11. The van der Waals surface area contributed by atoms with E-state index in [4.69, 9.17) is 28.4 Å². The summed E-state index contributed by atoms with van der Waals surface area (Å²) in [5.41, 5.74) is 6.06. The van der Waals surface area contributed by atoms with Crippen LogP contribution in [0, 0.1) is 0 Å². The van der Waals surface area contributed by atoms with Gasteiger partial charge in [-0.15, -0.1) is 0 Å². The molecule has 6 rings (SSSR count). The molecule has 15 nitrogen and oxygen atoms in total. The van der Waals surface area contributed by atoms with Gasteiger partial charge in [0.2, 0.25) is 5.13 Å². The van der Waals surface area contributed by atoms with Crippen molar-refractivity contribution >= 4 is 79.5 Å². The number of nitrogens with zero attached hydrogens (tertiary/aromatic N) is 4. The number of hydrogen-bond donors (Lipinski definition) is 1. The maximum absolute atomic E-state index is 13.4. The number of fused-ring (bicyclic) bond motifs is 3. The summed E-state index contributed by atoms with van der Waals surface area (Å²) < 4.78 is 42.7. The molecule has 0 radical (unpaired) electrons. The van der Waals surface area contributed by atoms with Gasteiger partial charge in [0.1, 0.15) is 39.5 Å². The SMILES string of the molecule is C=CC(=O)OCCCCCCOc1ccc(C(=O)Oc2ccc(OC(=O)c3ccc(OCCCCCCOC(=O)C=C)cc3)c(C=NNc3nc4c(ccc5nsnc54)s3)c2)cc1. The van der Waals surface area contributed by atoms with Crippen molar-refractivity contribution in [2.45, 2.75) is 51.4 Å². The summed E-state index contributed by atoms with van der Waals surface area (Å²) in [5.74, 6) is -0.482. The van der Waals surface area contributed by atoms with Gasteiger partial charge in [0.05, 0.1) is 60.2 Å². The Hall–Kier alpha value is -6.98. The number of thiazole rings is 1. The highest BCUT2D eigenvalue weighted by Gasteiger charge is 2.16. The van der Waals surface area contributed by atoms with E-state index in [1.54, 1.807) is 54.6 Å². The molecule has 0 aliphatic heterocycles. The molecule has 0 spiro atoms. The van der Waals surface area contributed by atoms with Gasteiger partial charge in [-0.3, -0.25) is 5.43 Å². The molecule has 0 saturated heterocycles. The number of carbonyl (C=O) groups is 4. The smallest absolute Gasteiger partial charge is 0.343 e. The first-order valence-electron chi connectivity index (χ1n) is 20.2. The summed E-state index contributed by atoms with van der Waals surface area (Å²) in [6.07, 6.45) is 10.5. The fourth-order valence-electron chi connectivity index (χ4n) is 5.89. The van der Waals surface area contributed by atoms with Gasteiger partial charge in [-0.2, -0.15) is 13.8 Å². The average Bonchev–Trinajstić information content (AvgIpc) is 3.96. The van der Waals surface area contributed by atoms with E-state index >= 15 is 0 Å². The van der Waals surface area contributed by atoms with Crippen LogP contribution in [0.1, 0.15) is 77.6 Å². The lowest BCUT2D eigenvalue weighted by atomic mass is 10.2. The van der Waals surface area contributed by atoms with Crippen molar-refractivity contribution in [2.75, 3.05) is 31.9 Å². The second-order valence-electron chi connectivity index (χ2n) is 13.7. The molecule has 63 heavy (non-hydrogen) atoms. The van der Waals surface area contributed by atoms with Gasteiger partial charge in [0, 0.05) is 17.7 Å². The normalized spacial score (nSPS) is 11.0. The number of carbonyl (C=O) groups excluding carboxylic acids is 4. The third kappa shape index (κ3) is 14.0. The van der Waals surface area contributed by atoms with E-state index in [1.807, 2.05) is 12.1 Å². The number of nitrogens with one attached hydrogen (secondary N) is 1. The van der Waals surface area contributed by atoms with Gasteiger partial charge >= 0.3 is 23.9 Å². The van der Waals surface area contributed by atoms with Gasteiger partial charge in [0.25, 0.3) is 0 Å². The van der Waals surface area contributed by atoms with Crippen LogP contribution in [-0.4, -0.2) is 70.3 Å². The van der Waals surface area contributed by atoms with E-state index in [0.717, 1.165) is 85.5 Å².